The molecular weight excluding hydrogens is 328 g/mol. The molecule has 0 N–H and O–H groups in total. The fourth-order valence-electron chi connectivity index (χ4n) is 4.29. The molecule has 5 heteroatoms. The van der Waals surface area contributed by atoms with Crippen LogP contribution in [0.15, 0.2) is 22.8 Å². The smallest absolute Gasteiger partial charge is 0.225 e. The SMILES string of the molecule is CCCCC1CCC(C(=O)N2CCN(CC(=O)c3ccco3)CC2)CC1. The monoisotopic (exact) mass is 360 g/mol. The van der Waals surface area contributed by atoms with E-state index in [0.717, 1.165) is 44.9 Å². The lowest BCUT2D eigenvalue weighted by molar-refractivity contribution is -0.138. The van der Waals surface area contributed by atoms with E-state index in [4.69, 9.17) is 4.42 Å². The Morgan fingerprint density at radius 3 is 2.46 bits per heavy atom. The first-order chi connectivity index (χ1) is 12.7. The van der Waals surface area contributed by atoms with Gasteiger partial charge in [-0.1, -0.05) is 26.2 Å². The highest BCUT2D eigenvalue weighted by Crippen LogP contribution is 2.33. The fourth-order valence-corrected chi connectivity index (χ4v) is 4.29. The zero-order valence-corrected chi connectivity index (χ0v) is 16.0. The quantitative estimate of drug-likeness (QED) is 0.697. The van der Waals surface area contributed by atoms with Gasteiger partial charge in [0.25, 0.3) is 0 Å². The van der Waals surface area contributed by atoms with Crippen LogP contribution >= 0.6 is 0 Å². The lowest BCUT2D eigenvalue weighted by Gasteiger charge is -2.37. The Bertz CT molecular complexity index is 568. The van der Waals surface area contributed by atoms with E-state index in [1.165, 1.54) is 38.4 Å². The summed E-state index contributed by atoms with van der Waals surface area (Å²) in [7, 11) is 0. The highest BCUT2D eigenvalue weighted by Gasteiger charge is 2.31. The number of hydrogen-bond donors (Lipinski definition) is 0. The van der Waals surface area contributed by atoms with E-state index in [2.05, 4.69) is 11.8 Å². The molecule has 1 saturated carbocycles. The average Bonchev–Trinajstić information content (AvgIpc) is 3.22. The van der Waals surface area contributed by atoms with Crippen LogP contribution in [-0.2, 0) is 4.79 Å². The summed E-state index contributed by atoms with van der Waals surface area (Å²) >= 11 is 0. The second-order valence-electron chi connectivity index (χ2n) is 7.86. The summed E-state index contributed by atoms with van der Waals surface area (Å²) in [5.41, 5.74) is 0. The van der Waals surface area contributed by atoms with Crippen LogP contribution in [0, 0.1) is 11.8 Å². The minimum Gasteiger partial charge on any atom is -0.461 e. The topological polar surface area (TPSA) is 53.8 Å². The van der Waals surface area contributed by atoms with Crippen LogP contribution in [0.5, 0.6) is 0 Å². The second-order valence-corrected chi connectivity index (χ2v) is 7.86. The molecule has 26 heavy (non-hydrogen) atoms. The van der Waals surface area contributed by atoms with Crippen LogP contribution in [-0.4, -0.2) is 54.2 Å². The van der Waals surface area contributed by atoms with E-state index in [0.29, 0.717) is 18.2 Å². The summed E-state index contributed by atoms with van der Waals surface area (Å²) in [5, 5.41) is 0. The van der Waals surface area contributed by atoms with Crippen molar-refractivity contribution in [3.05, 3.63) is 24.2 Å². The molecule has 5 nitrogen and oxygen atoms in total. The van der Waals surface area contributed by atoms with E-state index in [9.17, 15) is 9.59 Å². The van der Waals surface area contributed by atoms with E-state index < -0.39 is 0 Å². The predicted molar refractivity (Wildman–Crippen MR) is 101 cm³/mol. The maximum atomic E-state index is 12.8. The molecule has 0 radical (unpaired) electrons. The first-order valence-corrected chi connectivity index (χ1v) is 10.2. The molecule has 2 heterocycles. The minimum absolute atomic E-state index is 0.0141. The molecule has 0 aromatic carbocycles. The summed E-state index contributed by atoms with van der Waals surface area (Å²) in [6.45, 7) is 5.63. The summed E-state index contributed by atoms with van der Waals surface area (Å²) in [6.07, 6.45) is 10.0. The molecule has 144 valence electrons. The Labute approximate surface area is 156 Å². The van der Waals surface area contributed by atoms with Crippen LogP contribution in [0.2, 0.25) is 0 Å². The lowest BCUT2D eigenvalue weighted by atomic mass is 9.79. The molecule has 3 rings (SSSR count). The second kappa shape index (κ2) is 9.36. The van der Waals surface area contributed by atoms with Gasteiger partial charge >= 0.3 is 0 Å². The first kappa shape index (κ1) is 19.2. The number of piperazine rings is 1. The molecule has 1 amide bonds. The molecular formula is C21H32N2O3. The number of nitrogens with zero attached hydrogens (tertiary/aromatic N) is 2. The highest BCUT2D eigenvalue weighted by atomic mass is 16.3. The van der Waals surface area contributed by atoms with Crippen molar-refractivity contribution in [1.82, 2.24) is 9.80 Å². The molecule has 1 aromatic rings. The number of amides is 1. The number of carbonyl (C=O) groups is 2. The molecule has 1 saturated heterocycles. The number of furan rings is 1. The third-order valence-electron chi connectivity index (χ3n) is 6.01. The Morgan fingerprint density at radius 1 is 1.12 bits per heavy atom. The standard InChI is InChI=1S/C21H32N2O3/c1-2-3-5-17-7-9-18(10-8-17)21(25)23-13-11-22(12-14-23)16-19(24)20-6-4-15-26-20/h4,6,15,17-18H,2-3,5,7-14,16H2,1H3. The maximum absolute atomic E-state index is 12.8. The largest absolute Gasteiger partial charge is 0.461 e. The van der Waals surface area contributed by atoms with Crippen molar-refractivity contribution < 1.29 is 14.0 Å². The maximum Gasteiger partial charge on any atom is 0.225 e. The van der Waals surface area contributed by atoms with Gasteiger partial charge in [0.2, 0.25) is 11.7 Å². The van der Waals surface area contributed by atoms with Gasteiger partial charge in [0.1, 0.15) is 0 Å². The molecule has 0 spiro atoms. The lowest BCUT2D eigenvalue weighted by Crippen LogP contribution is -2.51. The van der Waals surface area contributed by atoms with Crippen LogP contribution in [0.4, 0.5) is 0 Å². The Hall–Kier alpha value is -1.62. The summed E-state index contributed by atoms with van der Waals surface area (Å²) < 4.78 is 5.17. The zero-order chi connectivity index (χ0) is 18.4. The molecule has 2 aliphatic rings. The van der Waals surface area contributed by atoms with Crippen LogP contribution < -0.4 is 0 Å². The van der Waals surface area contributed by atoms with Crippen LogP contribution in [0.1, 0.15) is 62.4 Å². The van der Waals surface area contributed by atoms with Gasteiger partial charge in [0.15, 0.2) is 5.76 Å². The van der Waals surface area contributed by atoms with Crippen molar-refractivity contribution in [3.8, 4) is 0 Å². The Morgan fingerprint density at radius 2 is 1.85 bits per heavy atom. The van der Waals surface area contributed by atoms with E-state index in [1.54, 1.807) is 12.1 Å². The third kappa shape index (κ3) is 4.97. The van der Waals surface area contributed by atoms with E-state index >= 15 is 0 Å². The summed E-state index contributed by atoms with van der Waals surface area (Å²) in [4.78, 5) is 29.1. The minimum atomic E-state index is 0.0141. The Balaban J connectivity index is 1.39. The highest BCUT2D eigenvalue weighted by molar-refractivity contribution is 5.95. The number of hydrogen-bond acceptors (Lipinski definition) is 4. The van der Waals surface area contributed by atoms with Gasteiger partial charge in [-0.2, -0.15) is 0 Å². The molecule has 0 atom stereocenters. The average molecular weight is 360 g/mol. The van der Waals surface area contributed by atoms with Gasteiger partial charge < -0.3 is 9.32 Å². The van der Waals surface area contributed by atoms with Gasteiger partial charge in [-0.3, -0.25) is 14.5 Å². The number of ketones is 1. The van der Waals surface area contributed by atoms with Gasteiger partial charge in [-0.15, -0.1) is 0 Å². The third-order valence-corrected chi connectivity index (χ3v) is 6.01. The Kier molecular flexibility index (Phi) is 6.89. The van der Waals surface area contributed by atoms with Gasteiger partial charge in [-0.25, -0.2) is 0 Å². The molecule has 0 bridgehead atoms. The van der Waals surface area contributed by atoms with Gasteiger partial charge in [-0.05, 0) is 43.7 Å². The van der Waals surface area contributed by atoms with E-state index in [-0.39, 0.29) is 11.7 Å². The molecule has 1 aliphatic heterocycles. The van der Waals surface area contributed by atoms with Crippen LogP contribution in [0.3, 0.4) is 0 Å². The zero-order valence-electron chi connectivity index (χ0n) is 16.0. The summed E-state index contributed by atoms with van der Waals surface area (Å²) in [5.74, 6) is 1.84. The number of Topliss-reactive ketones (excluding diaryl/α,β-unsaturated/α-hetero) is 1. The van der Waals surface area contributed by atoms with Crippen molar-refractivity contribution in [2.75, 3.05) is 32.7 Å². The molecule has 1 aliphatic carbocycles. The molecule has 2 fully saturated rings. The predicted octanol–water partition coefficient (Wildman–Crippen LogP) is 3.60. The van der Waals surface area contributed by atoms with Crippen molar-refractivity contribution >= 4 is 11.7 Å². The molecule has 1 aromatic heterocycles. The normalized spacial score (nSPS) is 24.6. The number of rotatable bonds is 7. The first-order valence-electron chi connectivity index (χ1n) is 10.2. The van der Waals surface area contributed by atoms with Crippen molar-refractivity contribution in [2.45, 2.75) is 51.9 Å². The van der Waals surface area contributed by atoms with Gasteiger partial charge in [0.05, 0.1) is 12.8 Å². The van der Waals surface area contributed by atoms with Crippen molar-refractivity contribution in [3.63, 3.8) is 0 Å². The number of unbranched alkanes of at least 4 members (excludes halogenated alkanes) is 1. The van der Waals surface area contributed by atoms with Crippen LogP contribution in [0.25, 0.3) is 0 Å². The van der Waals surface area contributed by atoms with Crippen molar-refractivity contribution in [2.24, 2.45) is 11.8 Å². The van der Waals surface area contributed by atoms with Gasteiger partial charge in [0, 0.05) is 32.1 Å². The fraction of sp³-hybridized carbons (Fsp3) is 0.714. The molecule has 0 unspecified atom stereocenters. The van der Waals surface area contributed by atoms with Crippen molar-refractivity contribution in [1.29, 1.82) is 0 Å². The number of carbonyl (C=O) groups excluding carboxylic acids is 2. The van der Waals surface area contributed by atoms with E-state index in [1.807, 2.05) is 4.90 Å². The summed E-state index contributed by atoms with van der Waals surface area (Å²) in [6, 6.07) is 3.44.